The minimum absolute atomic E-state index is 0.138. The number of aliphatic hydroxyl groups excluding tert-OH is 1. The van der Waals surface area contributed by atoms with Gasteiger partial charge in [-0.25, -0.2) is 4.98 Å². The molecule has 2 aromatic carbocycles. The number of oxazole rings is 1. The molecule has 136 valence electrons. The summed E-state index contributed by atoms with van der Waals surface area (Å²) in [6, 6.07) is 13.4. The molecule has 1 aromatic heterocycles. The number of nitrogens with one attached hydrogen (secondary N) is 2. The van der Waals surface area contributed by atoms with Gasteiger partial charge in [-0.1, -0.05) is 36.4 Å². The van der Waals surface area contributed by atoms with Crippen molar-refractivity contribution in [2.24, 2.45) is 5.73 Å². The Balaban J connectivity index is 1.53. The molecule has 0 spiro atoms. The largest absolute Gasteiger partial charge is 0.446 e. The molecular weight excluding hydrogens is 332 g/mol. The van der Waals surface area contributed by atoms with Gasteiger partial charge in [0.05, 0.1) is 6.10 Å². The average molecular weight is 354 g/mol. The SMILES string of the molecule is CC(O)C(N)c1nc(C(=O)NCCNc2cccc3ccccc23)co1. The topological polar surface area (TPSA) is 113 Å². The maximum absolute atomic E-state index is 12.1. The Morgan fingerprint density at radius 2 is 2.00 bits per heavy atom. The Hall–Kier alpha value is -2.90. The van der Waals surface area contributed by atoms with Crippen molar-refractivity contribution >= 4 is 22.4 Å². The van der Waals surface area contributed by atoms with Crippen molar-refractivity contribution in [1.82, 2.24) is 10.3 Å². The third kappa shape index (κ3) is 4.01. The first-order chi connectivity index (χ1) is 12.6. The van der Waals surface area contributed by atoms with E-state index in [2.05, 4.69) is 33.8 Å². The minimum Gasteiger partial charge on any atom is -0.446 e. The van der Waals surface area contributed by atoms with Gasteiger partial charge in [-0.2, -0.15) is 0 Å². The highest BCUT2D eigenvalue weighted by Gasteiger charge is 2.20. The molecule has 2 unspecified atom stereocenters. The van der Waals surface area contributed by atoms with Crippen LogP contribution in [-0.4, -0.2) is 35.2 Å². The number of aliphatic hydroxyl groups is 1. The van der Waals surface area contributed by atoms with E-state index in [1.807, 2.05) is 24.3 Å². The number of hydrogen-bond donors (Lipinski definition) is 4. The molecule has 5 N–H and O–H groups in total. The van der Waals surface area contributed by atoms with E-state index in [0.717, 1.165) is 16.5 Å². The van der Waals surface area contributed by atoms with Gasteiger partial charge in [0.1, 0.15) is 12.3 Å². The van der Waals surface area contributed by atoms with Gasteiger partial charge >= 0.3 is 0 Å². The van der Waals surface area contributed by atoms with Gasteiger partial charge in [0.15, 0.2) is 5.69 Å². The molecule has 0 saturated carbocycles. The third-order valence-electron chi connectivity index (χ3n) is 4.08. The van der Waals surface area contributed by atoms with Crippen molar-refractivity contribution in [2.75, 3.05) is 18.4 Å². The van der Waals surface area contributed by atoms with Crippen molar-refractivity contribution < 1.29 is 14.3 Å². The molecule has 0 aliphatic rings. The fourth-order valence-electron chi connectivity index (χ4n) is 2.59. The average Bonchev–Trinajstić information content (AvgIpc) is 3.14. The quantitative estimate of drug-likeness (QED) is 0.483. The number of carbonyl (C=O) groups is 1. The third-order valence-corrected chi connectivity index (χ3v) is 4.08. The summed E-state index contributed by atoms with van der Waals surface area (Å²) in [5.74, 6) is -0.212. The number of anilines is 1. The van der Waals surface area contributed by atoms with Crippen LogP contribution in [0.3, 0.4) is 0 Å². The summed E-state index contributed by atoms with van der Waals surface area (Å²) < 4.78 is 5.16. The number of nitrogens with zero attached hydrogens (tertiary/aromatic N) is 1. The molecule has 1 amide bonds. The van der Waals surface area contributed by atoms with Gasteiger partial charge in [0.2, 0.25) is 5.89 Å². The van der Waals surface area contributed by atoms with Crippen LogP contribution in [-0.2, 0) is 0 Å². The van der Waals surface area contributed by atoms with Gasteiger partial charge in [0.25, 0.3) is 5.91 Å². The standard InChI is InChI=1S/C19H22N4O3/c1-12(24)17(20)19-23-16(11-26-19)18(25)22-10-9-21-15-8-4-6-13-5-2-3-7-14(13)15/h2-8,11-12,17,21,24H,9-10,20H2,1H3,(H,22,25). The monoisotopic (exact) mass is 354 g/mol. The molecule has 0 saturated heterocycles. The predicted octanol–water partition coefficient (Wildman–Crippen LogP) is 2.05. The van der Waals surface area contributed by atoms with E-state index in [1.165, 1.54) is 13.2 Å². The second-order valence-electron chi connectivity index (χ2n) is 6.05. The van der Waals surface area contributed by atoms with E-state index in [9.17, 15) is 9.90 Å². The highest BCUT2D eigenvalue weighted by atomic mass is 16.3. The lowest BCUT2D eigenvalue weighted by atomic mass is 10.1. The lowest BCUT2D eigenvalue weighted by Crippen LogP contribution is -2.29. The normalized spacial score (nSPS) is 13.3. The fraction of sp³-hybridized carbons (Fsp3) is 0.263. The first kappa shape index (κ1) is 17.9. The first-order valence-electron chi connectivity index (χ1n) is 8.45. The molecular formula is C19H22N4O3. The van der Waals surface area contributed by atoms with E-state index < -0.39 is 12.1 Å². The molecule has 0 aliphatic carbocycles. The summed E-state index contributed by atoms with van der Waals surface area (Å²) in [6.45, 7) is 2.53. The molecule has 3 aromatic rings. The summed E-state index contributed by atoms with van der Waals surface area (Å²) in [5.41, 5.74) is 6.89. The number of benzene rings is 2. The lowest BCUT2D eigenvalue weighted by Gasteiger charge is -2.10. The fourth-order valence-corrected chi connectivity index (χ4v) is 2.59. The van der Waals surface area contributed by atoms with Crippen molar-refractivity contribution in [1.29, 1.82) is 0 Å². The molecule has 0 bridgehead atoms. The Bertz CT molecular complexity index is 886. The van der Waals surface area contributed by atoms with Crippen LogP contribution in [0.5, 0.6) is 0 Å². The minimum atomic E-state index is -0.811. The molecule has 7 nitrogen and oxygen atoms in total. The zero-order valence-electron chi connectivity index (χ0n) is 14.5. The van der Waals surface area contributed by atoms with Crippen LogP contribution in [0.25, 0.3) is 10.8 Å². The van der Waals surface area contributed by atoms with Crippen molar-refractivity contribution in [3.8, 4) is 0 Å². The van der Waals surface area contributed by atoms with E-state index in [1.54, 1.807) is 0 Å². The van der Waals surface area contributed by atoms with Crippen LogP contribution in [0, 0.1) is 0 Å². The summed E-state index contributed by atoms with van der Waals surface area (Å²) in [4.78, 5) is 16.1. The van der Waals surface area contributed by atoms with E-state index >= 15 is 0 Å². The Kier molecular flexibility index (Phi) is 5.50. The second kappa shape index (κ2) is 7.99. The first-order valence-corrected chi connectivity index (χ1v) is 8.45. The van der Waals surface area contributed by atoms with Crippen molar-refractivity contribution in [3.05, 3.63) is 60.3 Å². The molecule has 0 aliphatic heterocycles. The number of fused-ring (bicyclic) bond motifs is 1. The molecule has 3 rings (SSSR count). The highest BCUT2D eigenvalue weighted by molar-refractivity contribution is 5.94. The molecule has 2 atom stereocenters. The van der Waals surface area contributed by atoms with Crippen LogP contribution in [0.4, 0.5) is 5.69 Å². The van der Waals surface area contributed by atoms with Crippen LogP contribution in [0.1, 0.15) is 29.3 Å². The Labute approximate surface area is 151 Å². The molecule has 0 radical (unpaired) electrons. The van der Waals surface area contributed by atoms with Gasteiger partial charge in [-0.3, -0.25) is 4.79 Å². The van der Waals surface area contributed by atoms with Gasteiger partial charge in [-0.15, -0.1) is 0 Å². The zero-order valence-corrected chi connectivity index (χ0v) is 14.5. The summed E-state index contributed by atoms with van der Waals surface area (Å²) in [6.07, 6.45) is 0.430. The molecule has 1 heterocycles. The van der Waals surface area contributed by atoms with Crippen LogP contribution in [0.15, 0.2) is 53.1 Å². The molecule has 7 heteroatoms. The van der Waals surface area contributed by atoms with E-state index in [4.69, 9.17) is 10.2 Å². The van der Waals surface area contributed by atoms with Crippen LogP contribution >= 0.6 is 0 Å². The summed E-state index contributed by atoms with van der Waals surface area (Å²) in [7, 11) is 0. The summed E-state index contributed by atoms with van der Waals surface area (Å²) >= 11 is 0. The van der Waals surface area contributed by atoms with Gasteiger partial charge in [0, 0.05) is 24.2 Å². The Morgan fingerprint density at radius 1 is 1.23 bits per heavy atom. The van der Waals surface area contributed by atoms with Gasteiger partial charge < -0.3 is 25.9 Å². The van der Waals surface area contributed by atoms with E-state index in [-0.39, 0.29) is 17.5 Å². The Morgan fingerprint density at radius 3 is 2.81 bits per heavy atom. The maximum atomic E-state index is 12.1. The molecule has 26 heavy (non-hydrogen) atoms. The summed E-state index contributed by atoms with van der Waals surface area (Å²) in [5, 5.41) is 17.8. The number of carbonyl (C=O) groups excluding carboxylic acids is 1. The number of hydrogen-bond acceptors (Lipinski definition) is 6. The van der Waals surface area contributed by atoms with Crippen molar-refractivity contribution in [2.45, 2.75) is 19.1 Å². The number of rotatable bonds is 7. The maximum Gasteiger partial charge on any atom is 0.273 e. The smallest absolute Gasteiger partial charge is 0.273 e. The number of nitrogens with two attached hydrogens (primary N) is 1. The molecule has 0 fully saturated rings. The number of aromatic nitrogens is 1. The zero-order chi connectivity index (χ0) is 18.5. The van der Waals surface area contributed by atoms with Crippen LogP contribution in [0.2, 0.25) is 0 Å². The van der Waals surface area contributed by atoms with Crippen LogP contribution < -0.4 is 16.4 Å². The predicted molar refractivity (Wildman–Crippen MR) is 99.9 cm³/mol. The number of amides is 1. The van der Waals surface area contributed by atoms with Gasteiger partial charge in [-0.05, 0) is 18.4 Å². The van der Waals surface area contributed by atoms with E-state index in [0.29, 0.717) is 13.1 Å². The second-order valence-corrected chi connectivity index (χ2v) is 6.05. The highest BCUT2D eigenvalue weighted by Crippen LogP contribution is 2.22. The lowest BCUT2D eigenvalue weighted by molar-refractivity contribution is 0.0950. The van der Waals surface area contributed by atoms with Crippen molar-refractivity contribution in [3.63, 3.8) is 0 Å².